The minimum absolute atomic E-state index is 0.808. The van der Waals surface area contributed by atoms with Crippen molar-refractivity contribution in [1.82, 2.24) is 0 Å². The molecule has 1 aromatic heterocycles. The largest absolute Gasteiger partial charge is 0.330 e. The van der Waals surface area contributed by atoms with Gasteiger partial charge in [0.1, 0.15) is 5.69 Å². The molecule has 0 atom stereocenters. The summed E-state index contributed by atoms with van der Waals surface area (Å²) in [6.07, 6.45) is 1.03. The number of thiazole rings is 1. The number of anilines is 1. The smallest absolute Gasteiger partial charge is 0.278 e. The first-order chi connectivity index (χ1) is 6.74. The number of nitrogen functional groups attached to an aromatic ring is 1. The van der Waals surface area contributed by atoms with Crippen LogP contribution < -0.4 is 10.7 Å². The molecule has 0 spiro atoms. The third kappa shape index (κ3) is 0.990. The molecule has 0 saturated heterocycles. The van der Waals surface area contributed by atoms with Crippen LogP contribution in [0, 0.1) is 6.92 Å². The zero-order valence-corrected chi connectivity index (χ0v) is 8.74. The van der Waals surface area contributed by atoms with E-state index >= 15 is 0 Å². The Labute approximate surface area is 86.4 Å². The number of aromatic amines is 1. The molecule has 1 heterocycles. The SMILES string of the molecule is Cc1ccc2c(c1)-c1[nH+]c(N)sc1C2. The fourth-order valence-corrected chi connectivity index (χ4v) is 2.90. The van der Waals surface area contributed by atoms with Crippen molar-refractivity contribution >= 4 is 16.5 Å². The first-order valence-electron chi connectivity index (χ1n) is 4.64. The molecule has 3 N–H and O–H groups in total. The monoisotopic (exact) mass is 203 g/mol. The Balaban J connectivity index is 2.28. The number of nitrogens with two attached hydrogens (primary N) is 1. The summed E-state index contributed by atoms with van der Waals surface area (Å²) in [6, 6.07) is 6.60. The summed E-state index contributed by atoms with van der Waals surface area (Å²) in [6.45, 7) is 2.12. The van der Waals surface area contributed by atoms with E-state index in [1.165, 1.54) is 27.3 Å². The number of nitrogens with one attached hydrogen (secondary N) is 1. The molecular formula is C11H11N2S+. The van der Waals surface area contributed by atoms with E-state index in [-0.39, 0.29) is 0 Å². The quantitative estimate of drug-likeness (QED) is 0.596. The van der Waals surface area contributed by atoms with Gasteiger partial charge in [-0.15, -0.1) is 0 Å². The van der Waals surface area contributed by atoms with Crippen LogP contribution in [0.3, 0.4) is 0 Å². The molecule has 0 amide bonds. The molecule has 2 nitrogen and oxygen atoms in total. The Morgan fingerprint density at radius 2 is 2.29 bits per heavy atom. The molecule has 0 bridgehead atoms. The van der Waals surface area contributed by atoms with Gasteiger partial charge in [0.05, 0.1) is 4.88 Å². The van der Waals surface area contributed by atoms with E-state index in [4.69, 9.17) is 5.73 Å². The molecule has 0 unspecified atom stereocenters. The fraction of sp³-hybridized carbons (Fsp3) is 0.182. The first-order valence-corrected chi connectivity index (χ1v) is 5.46. The summed E-state index contributed by atoms with van der Waals surface area (Å²) in [5.41, 5.74) is 11.0. The molecule has 3 heteroatoms. The van der Waals surface area contributed by atoms with E-state index in [0.717, 1.165) is 11.6 Å². The van der Waals surface area contributed by atoms with Crippen LogP contribution in [-0.2, 0) is 6.42 Å². The number of H-pyrrole nitrogens is 1. The standard InChI is InChI=1S/C11H10N2S/c1-6-2-3-7-5-9-10(8(7)4-6)13-11(12)14-9/h2-4H,5H2,1H3,(H2,12,13)/p+1. The Bertz CT molecular complexity index is 514. The van der Waals surface area contributed by atoms with Crippen LogP contribution >= 0.6 is 11.3 Å². The molecule has 0 aliphatic heterocycles. The lowest BCUT2D eigenvalue weighted by molar-refractivity contribution is -0.340. The Hall–Kier alpha value is -1.35. The number of fused-ring (bicyclic) bond motifs is 3. The summed E-state index contributed by atoms with van der Waals surface area (Å²) >= 11 is 1.66. The lowest BCUT2D eigenvalue weighted by Crippen LogP contribution is -2.06. The zero-order valence-electron chi connectivity index (χ0n) is 7.92. The molecule has 70 valence electrons. The highest BCUT2D eigenvalue weighted by Crippen LogP contribution is 2.37. The Morgan fingerprint density at radius 3 is 3.14 bits per heavy atom. The van der Waals surface area contributed by atoms with Gasteiger partial charge in [-0.1, -0.05) is 29.0 Å². The molecule has 0 fully saturated rings. The van der Waals surface area contributed by atoms with E-state index in [1.54, 1.807) is 11.3 Å². The van der Waals surface area contributed by atoms with Crippen LogP contribution in [0.25, 0.3) is 11.3 Å². The molecule has 0 saturated carbocycles. The van der Waals surface area contributed by atoms with Gasteiger partial charge in [-0.2, -0.15) is 0 Å². The third-order valence-corrected chi connectivity index (χ3v) is 3.56. The van der Waals surface area contributed by atoms with Crippen LogP contribution in [0.5, 0.6) is 0 Å². The molecule has 3 rings (SSSR count). The van der Waals surface area contributed by atoms with Gasteiger partial charge in [0.15, 0.2) is 0 Å². The van der Waals surface area contributed by atoms with Crippen molar-refractivity contribution in [2.75, 3.05) is 5.73 Å². The molecule has 2 aromatic rings. The fourth-order valence-electron chi connectivity index (χ4n) is 1.99. The predicted octanol–water partition coefficient (Wildman–Crippen LogP) is 2.02. The van der Waals surface area contributed by atoms with E-state index in [1.807, 2.05) is 0 Å². The highest BCUT2D eigenvalue weighted by molar-refractivity contribution is 7.15. The summed E-state index contributed by atoms with van der Waals surface area (Å²) in [5.74, 6) is 0. The molecule has 0 radical (unpaired) electrons. The summed E-state index contributed by atoms with van der Waals surface area (Å²) < 4.78 is 0. The Morgan fingerprint density at radius 1 is 1.43 bits per heavy atom. The highest BCUT2D eigenvalue weighted by atomic mass is 32.1. The van der Waals surface area contributed by atoms with E-state index in [9.17, 15) is 0 Å². The number of rotatable bonds is 0. The molecule has 14 heavy (non-hydrogen) atoms. The molecule has 1 aliphatic rings. The normalized spacial score (nSPS) is 12.6. The minimum Gasteiger partial charge on any atom is -0.278 e. The second-order valence-corrected chi connectivity index (χ2v) is 4.86. The van der Waals surface area contributed by atoms with Crippen molar-refractivity contribution in [3.8, 4) is 11.3 Å². The van der Waals surface area contributed by atoms with Crippen LogP contribution in [0.1, 0.15) is 16.0 Å². The van der Waals surface area contributed by atoms with Crippen molar-refractivity contribution in [2.24, 2.45) is 0 Å². The van der Waals surface area contributed by atoms with Gasteiger partial charge in [0.2, 0.25) is 0 Å². The van der Waals surface area contributed by atoms with E-state index in [0.29, 0.717) is 0 Å². The van der Waals surface area contributed by atoms with Crippen molar-refractivity contribution in [2.45, 2.75) is 13.3 Å². The minimum atomic E-state index is 0.808. The summed E-state index contributed by atoms with van der Waals surface area (Å²) in [4.78, 5) is 4.60. The molecule has 1 aromatic carbocycles. The lowest BCUT2D eigenvalue weighted by atomic mass is 10.1. The van der Waals surface area contributed by atoms with Crippen LogP contribution in [0.2, 0.25) is 0 Å². The third-order valence-electron chi connectivity index (χ3n) is 2.65. The maximum absolute atomic E-state index is 5.75. The first kappa shape index (κ1) is 8.00. The maximum Gasteiger partial charge on any atom is 0.330 e. The van der Waals surface area contributed by atoms with Gasteiger partial charge in [0.25, 0.3) is 0 Å². The number of aryl methyl sites for hydroxylation is 1. The number of hydrogen-bond acceptors (Lipinski definition) is 2. The van der Waals surface area contributed by atoms with E-state index in [2.05, 4.69) is 30.1 Å². The predicted molar refractivity (Wildman–Crippen MR) is 58.3 cm³/mol. The van der Waals surface area contributed by atoms with Gasteiger partial charge in [-0.25, -0.2) is 4.98 Å². The maximum atomic E-state index is 5.75. The molecule has 1 aliphatic carbocycles. The van der Waals surface area contributed by atoms with Crippen LogP contribution in [-0.4, -0.2) is 0 Å². The van der Waals surface area contributed by atoms with Gasteiger partial charge in [-0.05, 0) is 18.6 Å². The highest BCUT2D eigenvalue weighted by Gasteiger charge is 2.25. The number of aromatic nitrogens is 1. The van der Waals surface area contributed by atoms with Gasteiger partial charge >= 0.3 is 5.13 Å². The van der Waals surface area contributed by atoms with Crippen LogP contribution in [0.15, 0.2) is 18.2 Å². The van der Waals surface area contributed by atoms with E-state index < -0.39 is 0 Å². The lowest BCUT2D eigenvalue weighted by Gasteiger charge is -1.98. The van der Waals surface area contributed by atoms with Gasteiger partial charge in [0, 0.05) is 12.0 Å². The average molecular weight is 203 g/mol. The van der Waals surface area contributed by atoms with Crippen molar-refractivity contribution in [3.05, 3.63) is 34.2 Å². The topological polar surface area (TPSA) is 40.2 Å². The van der Waals surface area contributed by atoms with Crippen molar-refractivity contribution < 1.29 is 4.98 Å². The molecular weight excluding hydrogens is 192 g/mol. The average Bonchev–Trinajstić information content (AvgIpc) is 2.62. The zero-order chi connectivity index (χ0) is 9.71. The van der Waals surface area contributed by atoms with Crippen molar-refractivity contribution in [3.63, 3.8) is 0 Å². The summed E-state index contributed by atoms with van der Waals surface area (Å²) in [5, 5.41) is 0.808. The van der Waals surface area contributed by atoms with Crippen molar-refractivity contribution in [1.29, 1.82) is 0 Å². The Kier molecular flexibility index (Phi) is 1.47. The summed E-state index contributed by atoms with van der Waals surface area (Å²) in [7, 11) is 0. The van der Waals surface area contributed by atoms with Gasteiger partial charge in [-0.3, -0.25) is 5.73 Å². The second-order valence-electron chi connectivity index (χ2n) is 3.73. The van der Waals surface area contributed by atoms with Crippen LogP contribution in [0.4, 0.5) is 5.13 Å². The second kappa shape index (κ2) is 2.58. The van der Waals surface area contributed by atoms with Gasteiger partial charge < -0.3 is 0 Å². The number of hydrogen-bond donors (Lipinski definition) is 1. The number of benzene rings is 1.